The van der Waals surface area contributed by atoms with Gasteiger partial charge in [0.25, 0.3) is 5.91 Å². The van der Waals surface area contributed by atoms with Crippen molar-refractivity contribution in [1.29, 1.82) is 0 Å². The van der Waals surface area contributed by atoms with Crippen LogP contribution in [0.15, 0.2) is 59.1 Å². The van der Waals surface area contributed by atoms with Gasteiger partial charge in [-0.05, 0) is 24.6 Å². The Bertz CT molecular complexity index is 994. The zero-order valence-electron chi connectivity index (χ0n) is 16.8. The highest BCUT2D eigenvalue weighted by Crippen LogP contribution is 2.32. The van der Waals surface area contributed by atoms with Crippen LogP contribution in [-0.2, 0) is 6.54 Å². The highest BCUT2D eigenvalue weighted by atomic mass is 35.5. The molecule has 4 rings (SSSR count). The summed E-state index contributed by atoms with van der Waals surface area (Å²) in [5.41, 5.74) is 2.88. The van der Waals surface area contributed by atoms with Crippen LogP contribution in [0.5, 0.6) is 0 Å². The summed E-state index contributed by atoms with van der Waals surface area (Å²) in [4.78, 5) is 17.2. The molecule has 1 aromatic heterocycles. The molecule has 2 aromatic carbocycles. The zero-order valence-corrected chi connectivity index (χ0v) is 17.5. The van der Waals surface area contributed by atoms with Crippen molar-refractivity contribution in [2.45, 2.75) is 19.6 Å². The minimum absolute atomic E-state index is 0.103. The van der Waals surface area contributed by atoms with Crippen molar-refractivity contribution >= 4 is 17.5 Å². The lowest BCUT2D eigenvalue weighted by Crippen LogP contribution is -2.48. The fraction of sp³-hybridized carbons (Fsp3) is 0.304. The van der Waals surface area contributed by atoms with Crippen molar-refractivity contribution in [2.24, 2.45) is 0 Å². The first-order valence-electron chi connectivity index (χ1n) is 10.0. The SMILES string of the molecule is CC(O)c1c(-c2ccc(Cl)cc2)noc1C(=O)N1CCN(Cc2ccccc2)CC1. The third kappa shape index (κ3) is 4.41. The average molecular weight is 426 g/mol. The molecule has 1 N–H and O–H groups in total. The smallest absolute Gasteiger partial charge is 0.292 e. The van der Waals surface area contributed by atoms with E-state index in [2.05, 4.69) is 22.2 Å². The van der Waals surface area contributed by atoms with E-state index in [1.54, 1.807) is 36.1 Å². The summed E-state index contributed by atoms with van der Waals surface area (Å²) in [6.07, 6.45) is -0.889. The predicted molar refractivity (Wildman–Crippen MR) is 115 cm³/mol. The van der Waals surface area contributed by atoms with E-state index in [4.69, 9.17) is 16.1 Å². The van der Waals surface area contributed by atoms with Crippen molar-refractivity contribution in [3.8, 4) is 11.3 Å². The van der Waals surface area contributed by atoms with Crippen molar-refractivity contribution in [3.63, 3.8) is 0 Å². The number of carbonyl (C=O) groups excluding carboxylic acids is 1. The molecule has 3 aromatic rings. The van der Waals surface area contributed by atoms with Crippen LogP contribution in [-0.4, -0.2) is 52.1 Å². The summed E-state index contributed by atoms with van der Waals surface area (Å²) in [5, 5.41) is 15.0. The van der Waals surface area contributed by atoms with Gasteiger partial charge in [-0.15, -0.1) is 0 Å². The van der Waals surface area contributed by atoms with Gasteiger partial charge in [-0.1, -0.05) is 59.2 Å². The number of nitrogens with zero attached hydrogens (tertiary/aromatic N) is 3. The largest absolute Gasteiger partial charge is 0.388 e. The van der Waals surface area contributed by atoms with Crippen LogP contribution in [0.25, 0.3) is 11.3 Å². The molecular formula is C23H24ClN3O3. The van der Waals surface area contributed by atoms with E-state index in [0.717, 1.165) is 25.2 Å². The van der Waals surface area contributed by atoms with E-state index >= 15 is 0 Å². The van der Waals surface area contributed by atoms with Crippen LogP contribution in [0.3, 0.4) is 0 Å². The van der Waals surface area contributed by atoms with Gasteiger partial charge >= 0.3 is 0 Å². The number of piperazine rings is 1. The van der Waals surface area contributed by atoms with Gasteiger partial charge in [-0.25, -0.2) is 0 Å². The van der Waals surface area contributed by atoms with Gasteiger partial charge in [0.2, 0.25) is 5.76 Å². The molecule has 2 heterocycles. The molecule has 1 aliphatic heterocycles. The number of aromatic nitrogens is 1. The van der Waals surface area contributed by atoms with Gasteiger partial charge in [0.15, 0.2) is 0 Å². The van der Waals surface area contributed by atoms with Crippen LogP contribution in [0.4, 0.5) is 0 Å². The Kier molecular flexibility index (Phi) is 6.18. The summed E-state index contributed by atoms with van der Waals surface area (Å²) >= 11 is 5.96. The minimum Gasteiger partial charge on any atom is -0.388 e. The second kappa shape index (κ2) is 9.00. The van der Waals surface area contributed by atoms with E-state index in [-0.39, 0.29) is 11.7 Å². The monoisotopic (exact) mass is 425 g/mol. The van der Waals surface area contributed by atoms with Gasteiger partial charge in [-0.3, -0.25) is 9.69 Å². The maximum atomic E-state index is 13.1. The molecule has 6 nitrogen and oxygen atoms in total. The Morgan fingerprint density at radius 2 is 1.77 bits per heavy atom. The summed E-state index contributed by atoms with van der Waals surface area (Å²) in [6.45, 7) is 5.24. The third-order valence-electron chi connectivity index (χ3n) is 5.37. The Labute approximate surface area is 180 Å². The standard InChI is InChI=1S/C23H24ClN3O3/c1-16(28)20-21(18-7-9-19(24)10-8-18)25-30-22(20)23(29)27-13-11-26(12-14-27)15-17-5-3-2-4-6-17/h2-10,16,28H,11-15H2,1H3. The highest BCUT2D eigenvalue weighted by molar-refractivity contribution is 6.30. The molecule has 7 heteroatoms. The van der Waals surface area contributed by atoms with E-state index in [1.807, 2.05) is 18.2 Å². The first-order valence-corrected chi connectivity index (χ1v) is 10.4. The number of amides is 1. The Morgan fingerprint density at radius 1 is 1.10 bits per heavy atom. The van der Waals surface area contributed by atoms with Crippen LogP contribution < -0.4 is 0 Å². The fourth-order valence-corrected chi connectivity index (χ4v) is 3.88. The van der Waals surface area contributed by atoms with Crippen molar-refractivity contribution in [1.82, 2.24) is 15.0 Å². The lowest BCUT2D eigenvalue weighted by atomic mass is 10.0. The van der Waals surface area contributed by atoms with E-state index in [0.29, 0.717) is 29.4 Å². The van der Waals surface area contributed by atoms with Gasteiger partial charge in [0, 0.05) is 43.3 Å². The summed E-state index contributed by atoms with van der Waals surface area (Å²) in [5.74, 6) is -0.135. The average Bonchev–Trinajstić information content (AvgIpc) is 3.20. The third-order valence-corrected chi connectivity index (χ3v) is 5.62. The van der Waals surface area contributed by atoms with E-state index in [9.17, 15) is 9.90 Å². The molecule has 1 saturated heterocycles. The molecule has 0 radical (unpaired) electrons. The first-order chi connectivity index (χ1) is 14.5. The number of aliphatic hydroxyl groups excluding tert-OH is 1. The molecule has 1 fully saturated rings. The molecule has 1 unspecified atom stereocenters. The first kappa shape index (κ1) is 20.6. The topological polar surface area (TPSA) is 69.8 Å². The maximum Gasteiger partial charge on any atom is 0.292 e. The van der Waals surface area contributed by atoms with Gasteiger partial charge in [0.1, 0.15) is 5.69 Å². The van der Waals surface area contributed by atoms with Crippen LogP contribution in [0.1, 0.15) is 34.7 Å². The summed E-state index contributed by atoms with van der Waals surface area (Å²) in [6, 6.07) is 17.4. The molecule has 0 saturated carbocycles. The van der Waals surface area contributed by atoms with Crippen LogP contribution in [0, 0.1) is 0 Å². The number of carbonyl (C=O) groups is 1. The number of hydrogen-bond acceptors (Lipinski definition) is 5. The molecule has 0 aliphatic carbocycles. The molecule has 0 bridgehead atoms. The van der Waals surface area contributed by atoms with Crippen LogP contribution in [0.2, 0.25) is 5.02 Å². The lowest BCUT2D eigenvalue weighted by Gasteiger charge is -2.34. The van der Waals surface area contributed by atoms with Gasteiger partial charge < -0.3 is 14.5 Å². The maximum absolute atomic E-state index is 13.1. The molecule has 0 spiro atoms. The van der Waals surface area contributed by atoms with E-state index in [1.165, 1.54) is 5.56 Å². The quantitative estimate of drug-likeness (QED) is 0.668. The minimum atomic E-state index is -0.889. The second-order valence-electron chi connectivity index (χ2n) is 7.51. The molecule has 30 heavy (non-hydrogen) atoms. The molecular weight excluding hydrogens is 402 g/mol. The normalized spacial score (nSPS) is 15.9. The second-order valence-corrected chi connectivity index (χ2v) is 7.95. The highest BCUT2D eigenvalue weighted by Gasteiger charge is 2.31. The number of rotatable bonds is 5. The number of benzene rings is 2. The Morgan fingerprint density at radius 3 is 2.40 bits per heavy atom. The zero-order chi connectivity index (χ0) is 21.1. The lowest BCUT2D eigenvalue weighted by molar-refractivity contribution is 0.0581. The Hall–Kier alpha value is -2.67. The van der Waals surface area contributed by atoms with Gasteiger partial charge in [-0.2, -0.15) is 0 Å². The number of aliphatic hydroxyl groups is 1. The number of hydrogen-bond donors (Lipinski definition) is 1. The van der Waals surface area contributed by atoms with Gasteiger partial charge in [0.05, 0.1) is 11.7 Å². The fourth-order valence-electron chi connectivity index (χ4n) is 3.75. The predicted octanol–water partition coefficient (Wildman–Crippen LogP) is 4.01. The van der Waals surface area contributed by atoms with Crippen molar-refractivity contribution < 1.29 is 14.4 Å². The summed E-state index contributed by atoms with van der Waals surface area (Å²) < 4.78 is 5.43. The van der Waals surface area contributed by atoms with E-state index < -0.39 is 6.10 Å². The Balaban J connectivity index is 1.48. The van der Waals surface area contributed by atoms with Crippen molar-refractivity contribution in [2.75, 3.05) is 26.2 Å². The molecule has 1 atom stereocenters. The summed E-state index contributed by atoms with van der Waals surface area (Å²) in [7, 11) is 0. The van der Waals surface area contributed by atoms with Crippen LogP contribution >= 0.6 is 11.6 Å². The molecule has 156 valence electrons. The van der Waals surface area contributed by atoms with Crippen molar-refractivity contribution in [3.05, 3.63) is 76.5 Å². The number of halogens is 1. The molecule has 1 amide bonds. The molecule has 1 aliphatic rings.